The lowest BCUT2D eigenvalue weighted by Crippen LogP contribution is -2.23. The van der Waals surface area contributed by atoms with E-state index >= 15 is 0 Å². The summed E-state index contributed by atoms with van der Waals surface area (Å²) in [6, 6.07) is 24.8. The molecule has 10 heteroatoms. The predicted molar refractivity (Wildman–Crippen MR) is 161 cm³/mol. The molecule has 0 bridgehead atoms. The van der Waals surface area contributed by atoms with E-state index in [4.69, 9.17) is 55.9 Å². The highest BCUT2D eigenvalue weighted by Crippen LogP contribution is 2.25. The van der Waals surface area contributed by atoms with Crippen molar-refractivity contribution < 1.29 is 19.1 Å². The van der Waals surface area contributed by atoms with E-state index in [0.29, 0.717) is 44.3 Å². The molecule has 0 unspecified atom stereocenters. The second kappa shape index (κ2) is 15.4. The van der Waals surface area contributed by atoms with Crippen LogP contribution in [0.4, 0.5) is 0 Å². The lowest BCUT2D eigenvalue weighted by molar-refractivity contribution is 0.0943. The Bertz CT molecular complexity index is 1420. The van der Waals surface area contributed by atoms with Gasteiger partial charge in [-0.2, -0.15) is 0 Å². The molecule has 0 saturated heterocycles. The highest BCUT2D eigenvalue weighted by molar-refractivity contribution is 6.40. The molecule has 0 aliphatic rings. The second-order valence-electron chi connectivity index (χ2n) is 8.26. The van der Waals surface area contributed by atoms with Crippen LogP contribution in [0.1, 0.15) is 31.8 Å². The van der Waals surface area contributed by atoms with Gasteiger partial charge in [0.2, 0.25) is 0 Å². The van der Waals surface area contributed by atoms with Crippen LogP contribution in [0.15, 0.2) is 84.9 Å². The molecule has 4 aromatic rings. The number of methoxy groups -OCH3 is 2. The van der Waals surface area contributed by atoms with Crippen LogP contribution in [0.5, 0.6) is 11.5 Å². The van der Waals surface area contributed by atoms with Gasteiger partial charge in [0.1, 0.15) is 11.5 Å². The highest BCUT2D eigenvalue weighted by atomic mass is 35.5. The minimum atomic E-state index is -0.302. The van der Waals surface area contributed by atoms with Crippen molar-refractivity contribution in [1.82, 2.24) is 10.6 Å². The Morgan fingerprint density at radius 1 is 0.575 bits per heavy atom. The fraction of sp³-hybridized carbons (Fsp3) is 0.133. The minimum Gasteiger partial charge on any atom is -0.497 e. The van der Waals surface area contributed by atoms with Gasteiger partial charge in [-0.25, -0.2) is 0 Å². The molecule has 2 amide bonds. The van der Waals surface area contributed by atoms with Crippen molar-refractivity contribution >= 4 is 58.2 Å². The van der Waals surface area contributed by atoms with Gasteiger partial charge >= 0.3 is 0 Å². The molecule has 40 heavy (non-hydrogen) atoms. The number of halogens is 4. The molecule has 4 rings (SSSR count). The highest BCUT2D eigenvalue weighted by Gasteiger charge is 2.15. The number of benzene rings is 4. The smallest absolute Gasteiger partial charge is 0.254 e. The van der Waals surface area contributed by atoms with Gasteiger partial charge in [-0.15, -0.1) is 0 Å². The molecular formula is C30H26Cl4N2O4. The van der Waals surface area contributed by atoms with E-state index in [9.17, 15) is 9.59 Å². The van der Waals surface area contributed by atoms with Gasteiger partial charge in [0, 0.05) is 13.1 Å². The quantitative estimate of drug-likeness (QED) is 0.210. The molecule has 0 heterocycles. The zero-order valence-electron chi connectivity index (χ0n) is 21.6. The van der Waals surface area contributed by atoms with E-state index in [1.807, 2.05) is 48.5 Å². The summed E-state index contributed by atoms with van der Waals surface area (Å²) in [5.41, 5.74) is 2.48. The minimum absolute atomic E-state index is 0.290. The predicted octanol–water partition coefficient (Wildman–Crippen LogP) is 7.86. The standard InChI is InChI=1S/2C15H13Cl2NO2/c1-20-11-5-2-4-10(8-11)9-18-15(19)14-12(16)6-3-7-13(14)17;1-20-11-7-5-10(6-8-11)9-18-15(19)14-12(16)3-2-4-13(14)17/h2*2-8H,9H2,1H3,(H,18,19). The molecule has 2 N–H and O–H groups in total. The van der Waals surface area contributed by atoms with E-state index in [1.165, 1.54) is 0 Å². The third kappa shape index (κ3) is 8.80. The van der Waals surface area contributed by atoms with Gasteiger partial charge in [0.15, 0.2) is 0 Å². The van der Waals surface area contributed by atoms with Gasteiger partial charge < -0.3 is 20.1 Å². The number of carbonyl (C=O) groups excluding carboxylic acids is 2. The van der Waals surface area contributed by atoms with Crippen molar-refractivity contribution in [1.29, 1.82) is 0 Å². The summed E-state index contributed by atoms with van der Waals surface area (Å²) in [6.45, 7) is 0.766. The first kappa shape index (κ1) is 31.1. The molecular weight excluding hydrogens is 594 g/mol. The number of hydrogen-bond donors (Lipinski definition) is 2. The number of rotatable bonds is 8. The lowest BCUT2D eigenvalue weighted by atomic mass is 10.2. The van der Waals surface area contributed by atoms with Gasteiger partial charge in [-0.1, -0.05) is 82.8 Å². The summed E-state index contributed by atoms with van der Waals surface area (Å²) in [6.07, 6.45) is 0. The van der Waals surface area contributed by atoms with Crippen LogP contribution in [-0.4, -0.2) is 26.0 Å². The van der Waals surface area contributed by atoms with E-state index in [2.05, 4.69) is 10.6 Å². The van der Waals surface area contributed by atoms with Crippen molar-refractivity contribution in [2.45, 2.75) is 13.1 Å². The van der Waals surface area contributed by atoms with Crippen molar-refractivity contribution in [2.24, 2.45) is 0 Å². The summed E-state index contributed by atoms with van der Waals surface area (Å²) in [4.78, 5) is 24.2. The largest absolute Gasteiger partial charge is 0.497 e. The number of hydrogen-bond acceptors (Lipinski definition) is 4. The van der Waals surface area contributed by atoms with Crippen molar-refractivity contribution in [3.8, 4) is 11.5 Å². The summed E-state index contributed by atoms with van der Waals surface area (Å²) in [5, 5.41) is 6.91. The Morgan fingerprint density at radius 3 is 1.45 bits per heavy atom. The van der Waals surface area contributed by atoms with Gasteiger partial charge in [0.25, 0.3) is 11.8 Å². The Kier molecular flexibility index (Phi) is 12.0. The Labute approximate surface area is 253 Å². The number of ether oxygens (including phenoxy) is 2. The van der Waals surface area contributed by atoms with Gasteiger partial charge in [-0.05, 0) is 59.7 Å². The van der Waals surface area contributed by atoms with Crippen molar-refractivity contribution in [3.05, 3.63) is 127 Å². The average molecular weight is 620 g/mol. The molecule has 0 atom stereocenters. The van der Waals surface area contributed by atoms with E-state index < -0.39 is 0 Å². The normalized spacial score (nSPS) is 10.2. The Morgan fingerprint density at radius 2 is 1.00 bits per heavy atom. The Hall–Kier alpha value is -3.42. The van der Waals surface area contributed by atoms with E-state index in [1.54, 1.807) is 50.6 Å². The molecule has 208 valence electrons. The number of carbonyl (C=O) groups is 2. The summed E-state index contributed by atoms with van der Waals surface area (Å²) in [5.74, 6) is 0.918. The molecule has 0 aliphatic heterocycles. The first-order chi connectivity index (χ1) is 19.2. The number of nitrogens with one attached hydrogen (secondary N) is 2. The van der Waals surface area contributed by atoms with E-state index in [0.717, 1.165) is 22.6 Å². The number of amides is 2. The topological polar surface area (TPSA) is 76.7 Å². The van der Waals surface area contributed by atoms with Crippen molar-refractivity contribution in [2.75, 3.05) is 14.2 Å². The van der Waals surface area contributed by atoms with Crippen LogP contribution in [-0.2, 0) is 13.1 Å². The molecule has 4 aromatic carbocycles. The molecule has 0 aliphatic carbocycles. The molecule has 0 spiro atoms. The first-order valence-corrected chi connectivity index (χ1v) is 13.4. The third-order valence-electron chi connectivity index (χ3n) is 5.58. The van der Waals surface area contributed by atoms with Gasteiger partial charge in [-0.3, -0.25) is 9.59 Å². The molecule has 0 fully saturated rings. The van der Waals surface area contributed by atoms with Crippen LogP contribution in [0.25, 0.3) is 0 Å². The van der Waals surface area contributed by atoms with Crippen molar-refractivity contribution in [3.63, 3.8) is 0 Å². The van der Waals surface area contributed by atoms with Crippen LogP contribution in [0.2, 0.25) is 20.1 Å². The fourth-order valence-corrected chi connectivity index (χ4v) is 4.63. The maximum atomic E-state index is 12.1. The molecule has 0 radical (unpaired) electrons. The maximum absolute atomic E-state index is 12.1. The van der Waals surface area contributed by atoms with Crippen LogP contribution in [0.3, 0.4) is 0 Å². The van der Waals surface area contributed by atoms with Gasteiger partial charge in [0.05, 0.1) is 45.4 Å². The molecule has 6 nitrogen and oxygen atoms in total. The van der Waals surface area contributed by atoms with Crippen LogP contribution < -0.4 is 20.1 Å². The zero-order chi connectivity index (χ0) is 29.1. The SMILES string of the molecule is COc1ccc(CNC(=O)c2c(Cl)cccc2Cl)cc1.COc1cccc(CNC(=O)c2c(Cl)cccc2Cl)c1. The summed E-state index contributed by atoms with van der Waals surface area (Å²) in [7, 11) is 3.21. The van der Waals surface area contributed by atoms with E-state index in [-0.39, 0.29) is 11.8 Å². The summed E-state index contributed by atoms with van der Waals surface area (Å²) >= 11 is 23.9. The summed E-state index contributed by atoms with van der Waals surface area (Å²) < 4.78 is 10.2. The lowest BCUT2D eigenvalue weighted by Gasteiger charge is -2.09. The second-order valence-corrected chi connectivity index (χ2v) is 9.89. The maximum Gasteiger partial charge on any atom is 0.254 e. The first-order valence-electron chi connectivity index (χ1n) is 11.9. The molecule has 0 saturated carbocycles. The zero-order valence-corrected chi connectivity index (χ0v) is 24.7. The van der Waals surface area contributed by atoms with Crippen LogP contribution >= 0.6 is 46.4 Å². The third-order valence-corrected chi connectivity index (χ3v) is 6.84. The average Bonchev–Trinajstić information content (AvgIpc) is 2.95. The fourth-order valence-electron chi connectivity index (χ4n) is 3.50. The molecule has 0 aromatic heterocycles. The Balaban J connectivity index is 0.000000220. The monoisotopic (exact) mass is 618 g/mol. The van der Waals surface area contributed by atoms with Crippen LogP contribution in [0, 0.1) is 0 Å².